The number of aliphatic hydroxyl groups excluding tert-OH is 1. The van der Waals surface area contributed by atoms with Gasteiger partial charge in [0.25, 0.3) is 0 Å². The number of anilines is 1. The van der Waals surface area contributed by atoms with Crippen LogP contribution in [0, 0.1) is 17.1 Å². The molecular weight excluding hydrogens is 359 g/mol. The van der Waals surface area contributed by atoms with Crippen molar-refractivity contribution in [1.82, 2.24) is 0 Å². The Hall–Kier alpha value is -2.62. The van der Waals surface area contributed by atoms with Gasteiger partial charge in [-0.15, -0.1) is 0 Å². The summed E-state index contributed by atoms with van der Waals surface area (Å²) in [5.74, 6) is 0.203. The Kier molecular flexibility index (Phi) is 5.09. The molecule has 2 atom stereocenters. The number of halogens is 1. The van der Waals surface area contributed by atoms with Crippen LogP contribution in [-0.2, 0) is 0 Å². The van der Waals surface area contributed by atoms with E-state index in [-0.39, 0.29) is 12.4 Å². The van der Waals surface area contributed by atoms with Crippen molar-refractivity contribution in [2.75, 3.05) is 11.4 Å². The van der Waals surface area contributed by atoms with E-state index in [0.29, 0.717) is 22.6 Å². The quantitative estimate of drug-likeness (QED) is 0.843. The van der Waals surface area contributed by atoms with Gasteiger partial charge in [0, 0.05) is 17.8 Å². The minimum atomic E-state index is -1.08. The number of ether oxygens (including phenoxy) is 1. The van der Waals surface area contributed by atoms with E-state index in [0.717, 1.165) is 0 Å². The van der Waals surface area contributed by atoms with Gasteiger partial charge >= 0.3 is 0 Å². The molecule has 0 aliphatic carbocycles. The molecule has 0 saturated carbocycles. The largest absolute Gasteiger partial charge is 0.485 e. The molecule has 1 unspecified atom stereocenters. The van der Waals surface area contributed by atoms with E-state index in [9.17, 15) is 19.9 Å². The van der Waals surface area contributed by atoms with Gasteiger partial charge in [-0.2, -0.15) is 5.26 Å². The molecule has 0 bridgehead atoms. The predicted molar refractivity (Wildman–Crippen MR) is 105 cm³/mol. The first kappa shape index (κ1) is 20.1. The van der Waals surface area contributed by atoms with E-state index >= 15 is 0 Å². The van der Waals surface area contributed by atoms with Gasteiger partial charge in [0.05, 0.1) is 23.3 Å². The highest BCUT2D eigenvalue weighted by Crippen LogP contribution is 2.45. The second kappa shape index (κ2) is 7.08. The smallest absolute Gasteiger partial charge is 0.132 e. The van der Waals surface area contributed by atoms with E-state index in [4.69, 9.17) is 4.74 Å². The molecule has 2 N–H and O–H groups in total. The molecular formula is C22H25FN2O3. The summed E-state index contributed by atoms with van der Waals surface area (Å²) in [6, 6.07) is 12.5. The maximum Gasteiger partial charge on any atom is 0.132 e. The summed E-state index contributed by atoms with van der Waals surface area (Å²) in [7, 11) is 0. The van der Waals surface area contributed by atoms with Crippen molar-refractivity contribution in [3.05, 3.63) is 59.4 Å². The molecule has 148 valence electrons. The van der Waals surface area contributed by atoms with Gasteiger partial charge in [-0.25, -0.2) is 4.39 Å². The minimum Gasteiger partial charge on any atom is -0.485 e. The summed E-state index contributed by atoms with van der Waals surface area (Å²) in [5, 5.41) is 31.0. The number of fused-ring (bicyclic) bond motifs is 1. The van der Waals surface area contributed by atoms with Gasteiger partial charge in [-0.3, -0.25) is 0 Å². The maximum atomic E-state index is 13.5. The zero-order valence-electron chi connectivity index (χ0n) is 16.5. The van der Waals surface area contributed by atoms with Gasteiger partial charge < -0.3 is 19.8 Å². The van der Waals surface area contributed by atoms with Crippen molar-refractivity contribution >= 4 is 5.69 Å². The van der Waals surface area contributed by atoms with Crippen LogP contribution in [-0.4, -0.2) is 34.1 Å². The lowest BCUT2D eigenvalue weighted by molar-refractivity contribution is -0.0609. The molecule has 0 aromatic heterocycles. The Labute approximate surface area is 164 Å². The maximum absolute atomic E-state index is 13.5. The van der Waals surface area contributed by atoms with Gasteiger partial charge in [0.15, 0.2) is 0 Å². The summed E-state index contributed by atoms with van der Waals surface area (Å²) in [6.45, 7) is 7.12. The Morgan fingerprint density at radius 1 is 1.21 bits per heavy atom. The van der Waals surface area contributed by atoms with Crippen LogP contribution in [0.3, 0.4) is 0 Å². The molecule has 3 rings (SSSR count). The third kappa shape index (κ3) is 3.96. The SMILES string of the molecule is CC(C)(O)CN(c1ccc(F)cc1)C1c2cc(C#N)ccc2OC(C)(C)[C@@H]1O. The zero-order valence-corrected chi connectivity index (χ0v) is 16.5. The number of benzene rings is 2. The van der Waals surface area contributed by atoms with E-state index in [1.165, 1.54) is 12.1 Å². The molecule has 1 aliphatic heterocycles. The highest BCUT2D eigenvalue weighted by molar-refractivity contribution is 5.55. The fraction of sp³-hybridized carbons (Fsp3) is 0.409. The Balaban J connectivity index is 2.19. The van der Waals surface area contributed by atoms with Gasteiger partial charge in [-0.1, -0.05) is 0 Å². The molecule has 1 heterocycles. The van der Waals surface area contributed by atoms with Crippen LogP contribution in [0.2, 0.25) is 0 Å². The van der Waals surface area contributed by atoms with E-state index in [2.05, 4.69) is 6.07 Å². The number of nitriles is 1. The van der Waals surface area contributed by atoms with E-state index < -0.39 is 23.3 Å². The number of hydrogen-bond acceptors (Lipinski definition) is 5. The number of rotatable bonds is 4. The molecule has 0 spiro atoms. The standard InChI is InChI=1S/C22H25FN2O3/c1-21(2,27)13-25(16-8-6-15(23)7-9-16)19-17-11-14(12-24)5-10-18(17)28-22(3,4)20(19)26/h5-11,19-20,26-27H,13H2,1-4H3/t19?,20-/m1/s1. The van der Waals surface area contributed by atoms with Crippen LogP contribution in [0.15, 0.2) is 42.5 Å². The average Bonchev–Trinajstić information content (AvgIpc) is 2.61. The summed E-state index contributed by atoms with van der Waals surface area (Å²) >= 11 is 0. The fourth-order valence-corrected chi connectivity index (χ4v) is 3.57. The summed E-state index contributed by atoms with van der Waals surface area (Å²) < 4.78 is 19.5. The third-order valence-corrected chi connectivity index (χ3v) is 4.89. The van der Waals surface area contributed by atoms with Gasteiger partial charge in [0.2, 0.25) is 0 Å². The lowest BCUT2D eigenvalue weighted by Crippen LogP contribution is -2.55. The van der Waals surface area contributed by atoms with Gasteiger partial charge in [-0.05, 0) is 70.2 Å². The lowest BCUT2D eigenvalue weighted by Gasteiger charge is -2.48. The highest BCUT2D eigenvalue weighted by Gasteiger charge is 2.46. The summed E-state index contributed by atoms with van der Waals surface area (Å²) in [6.07, 6.45) is -0.957. The van der Waals surface area contributed by atoms with E-state index in [1.54, 1.807) is 58.0 Å². The molecule has 1 aliphatic rings. The second-order valence-corrected chi connectivity index (χ2v) is 8.38. The van der Waals surface area contributed by atoms with Crippen LogP contribution in [0.4, 0.5) is 10.1 Å². The molecule has 0 fully saturated rings. The molecule has 2 aromatic rings. The van der Waals surface area contributed by atoms with Crippen LogP contribution in [0.25, 0.3) is 0 Å². The first-order valence-corrected chi connectivity index (χ1v) is 9.17. The van der Waals surface area contributed by atoms with Crippen molar-refractivity contribution in [3.63, 3.8) is 0 Å². The first-order chi connectivity index (χ1) is 13.0. The second-order valence-electron chi connectivity index (χ2n) is 8.38. The zero-order chi connectivity index (χ0) is 20.7. The fourth-order valence-electron chi connectivity index (χ4n) is 3.57. The van der Waals surface area contributed by atoms with Crippen molar-refractivity contribution in [3.8, 4) is 11.8 Å². The minimum absolute atomic E-state index is 0.187. The summed E-state index contributed by atoms with van der Waals surface area (Å²) in [4.78, 5) is 1.84. The molecule has 0 saturated heterocycles. The molecule has 5 nitrogen and oxygen atoms in total. The monoisotopic (exact) mass is 384 g/mol. The van der Waals surface area contributed by atoms with Crippen molar-refractivity contribution in [2.45, 2.75) is 51.0 Å². The van der Waals surface area contributed by atoms with Crippen LogP contribution in [0.1, 0.15) is 44.9 Å². The lowest BCUT2D eigenvalue weighted by atomic mass is 9.84. The Bertz CT molecular complexity index is 897. The van der Waals surface area contributed by atoms with Crippen LogP contribution in [0.5, 0.6) is 5.75 Å². The predicted octanol–water partition coefficient (Wildman–Crippen LogP) is 3.55. The Morgan fingerprint density at radius 2 is 1.86 bits per heavy atom. The highest BCUT2D eigenvalue weighted by atomic mass is 19.1. The summed E-state index contributed by atoms with van der Waals surface area (Å²) in [5.41, 5.74) is -0.229. The van der Waals surface area contributed by atoms with Crippen molar-refractivity contribution in [2.24, 2.45) is 0 Å². The molecule has 0 amide bonds. The normalized spacial score (nSPS) is 20.6. The van der Waals surface area contributed by atoms with Crippen molar-refractivity contribution < 1.29 is 19.3 Å². The van der Waals surface area contributed by atoms with E-state index in [1.807, 2.05) is 4.90 Å². The molecule has 2 aromatic carbocycles. The molecule has 28 heavy (non-hydrogen) atoms. The number of hydrogen-bond donors (Lipinski definition) is 2. The van der Waals surface area contributed by atoms with Gasteiger partial charge in [0.1, 0.15) is 23.3 Å². The van der Waals surface area contributed by atoms with Crippen LogP contribution < -0.4 is 9.64 Å². The average molecular weight is 384 g/mol. The number of aliphatic hydroxyl groups is 2. The molecule has 0 radical (unpaired) electrons. The first-order valence-electron chi connectivity index (χ1n) is 9.17. The van der Waals surface area contributed by atoms with Crippen LogP contribution >= 0.6 is 0 Å². The Morgan fingerprint density at radius 3 is 2.43 bits per heavy atom. The number of nitrogens with zero attached hydrogens (tertiary/aromatic N) is 2. The topological polar surface area (TPSA) is 76.7 Å². The molecule has 6 heteroatoms. The third-order valence-electron chi connectivity index (χ3n) is 4.89. The van der Waals surface area contributed by atoms with Crippen molar-refractivity contribution in [1.29, 1.82) is 5.26 Å².